The number of fused-ring (bicyclic) bond motifs is 1. The van der Waals surface area contributed by atoms with Crippen molar-refractivity contribution < 1.29 is 9.59 Å². The van der Waals surface area contributed by atoms with Crippen molar-refractivity contribution >= 4 is 23.2 Å². The van der Waals surface area contributed by atoms with Crippen molar-refractivity contribution in [2.45, 2.75) is 46.2 Å². The van der Waals surface area contributed by atoms with Crippen LogP contribution in [0.5, 0.6) is 0 Å². The van der Waals surface area contributed by atoms with Crippen LogP contribution in [-0.4, -0.2) is 58.7 Å². The molecule has 37 heavy (non-hydrogen) atoms. The van der Waals surface area contributed by atoms with Gasteiger partial charge >= 0.3 is 0 Å². The van der Waals surface area contributed by atoms with E-state index in [0.29, 0.717) is 13.1 Å². The molecule has 1 saturated heterocycles. The number of piperazine rings is 1. The molecular formula is C29H33N5O3. The maximum atomic E-state index is 13.3. The van der Waals surface area contributed by atoms with Crippen molar-refractivity contribution in [2.75, 3.05) is 36.0 Å². The van der Waals surface area contributed by atoms with Crippen LogP contribution in [0.4, 0.5) is 11.4 Å². The van der Waals surface area contributed by atoms with Crippen LogP contribution < -0.4 is 15.4 Å². The molecule has 0 spiro atoms. The predicted molar refractivity (Wildman–Crippen MR) is 144 cm³/mol. The molecule has 1 aromatic heterocycles. The van der Waals surface area contributed by atoms with E-state index in [9.17, 15) is 14.4 Å². The number of para-hydroxylation sites is 1. The minimum atomic E-state index is -0.320. The van der Waals surface area contributed by atoms with Crippen LogP contribution in [-0.2, 0) is 17.8 Å². The molecule has 3 aromatic rings. The van der Waals surface area contributed by atoms with Gasteiger partial charge in [-0.05, 0) is 62.1 Å². The zero-order valence-corrected chi connectivity index (χ0v) is 21.7. The molecule has 0 unspecified atom stereocenters. The number of nitrogens with zero attached hydrogens (tertiary/aromatic N) is 5. The Balaban J connectivity index is 1.22. The maximum absolute atomic E-state index is 13.3. The molecule has 0 aliphatic carbocycles. The summed E-state index contributed by atoms with van der Waals surface area (Å²) < 4.78 is 1.24. The Bertz CT molecular complexity index is 1390. The lowest BCUT2D eigenvalue weighted by atomic mass is 10.1. The van der Waals surface area contributed by atoms with Crippen LogP contribution in [0.2, 0.25) is 0 Å². The molecule has 0 radical (unpaired) electrons. The van der Waals surface area contributed by atoms with Crippen LogP contribution in [0.25, 0.3) is 0 Å². The number of hydrogen-bond donors (Lipinski definition) is 0. The first-order valence-electron chi connectivity index (χ1n) is 12.9. The summed E-state index contributed by atoms with van der Waals surface area (Å²) in [5, 5.41) is 4.34. The van der Waals surface area contributed by atoms with Gasteiger partial charge in [-0.3, -0.25) is 14.4 Å². The molecular weight excluding hydrogens is 466 g/mol. The first-order valence-corrected chi connectivity index (χ1v) is 12.9. The van der Waals surface area contributed by atoms with E-state index in [1.54, 1.807) is 4.90 Å². The highest BCUT2D eigenvalue weighted by Gasteiger charge is 2.32. The van der Waals surface area contributed by atoms with Gasteiger partial charge in [0.1, 0.15) is 5.69 Å². The van der Waals surface area contributed by atoms with Crippen molar-refractivity contribution in [1.29, 1.82) is 0 Å². The summed E-state index contributed by atoms with van der Waals surface area (Å²) in [4.78, 5) is 44.7. The number of anilines is 2. The van der Waals surface area contributed by atoms with Crippen LogP contribution in [0, 0.1) is 13.8 Å². The van der Waals surface area contributed by atoms with Crippen molar-refractivity contribution in [3.05, 3.63) is 87.3 Å². The Kier molecular flexibility index (Phi) is 6.82. The Morgan fingerprint density at radius 2 is 1.65 bits per heavy atom. The maximum Gasteiger partial charge on any atom is 0.278 e. The summed E-state index contributed by atoms with van der Waals surface area (Å²) in [6.07, 6.45) is 0.948. The van der Waals surface area contributed by atoms with Gasteiger partial charge in [0.25, 0.3) is 11.5 Å². The minimum Gasteiger partial charge on any atom is -0.368 e. The first kappa shape index (κ1) is 24.7. The van der Waals surface area contributed by atoms with E-state index in [4.69, 9.17) is 0 Å². The predicted octanol–water partition coefficient (Wildman–Crippen LogP) is 3.19. The zero-order chi connectivity index (χ0) is 26.1. The topological polar surface area (TPSA) is 78.8 Å². The lowest BCUT2D eigenvalue weighted by Gasteiger charge is -2.37. The molecule has 2 amide bonds. The van der Waals surface area contributed by atoms with Crippen molar-refractivity contribution in [1.82, 2.24) is 14.7 Å². The van der Waals surface area contributed by atoms with Gasteiger partial charge in [0.15, 0.2) is 0 Å². The van der Waals surface area contributed by atoms with Gasteiger partial charge in [0.2, 0.25) is 5.91 Å². The fourth-order valence-electron chi connectivity index (χ4n) is 5.36. The molecule has 5 rings (SSSR count). The van der Waals surface area contributed by atoms with E-state index in [0.717, 1.165) is 30.8 Å². The zero-order valence-electron chi connectivity index (χ0n) is 21.7. The van der Waals surface area contributed by atoms with Crippen LogP contribution in [0.15, 0.2) is 59.4 Å². The number of amides is 2. The summed E-state index contributed by atoms with van der Waals surface area (Å²) in [6, 6.07) is 17.0. The molecule has 0 bridgehead atoms. The van der Waals surface area contributed by atoms with Gasteiger partial charge in [-0.25, -0.2) is 4.68 Å². The second kappa shape index (κ2) is 10.2. The molecule has 8 heteroatoms. The largest absolute Gasteiger partial charge is 0.368 e. The number of carbonyl (C=O) groups excluding carboxylic acids is 2. The van der Waals surface area contributed by atoms with E-state index < -0.39 is 0 Å². The Morgan fingerprint density at radius 1 is 0.919 bits per heavy atom. The normalized spacial score (nSPS) is 17.2. The third-order valence-electron chi connectivity index (χ3n) is 7.60. The summed E-state index contributed by atoms with van der Waals surface area (Å²) in [5.74, 6) is -0.242. The second-order valence-electron chi connectivity index (χ2n) is 9.97. The Hall–Kier alpha value is -3.94. The summed E-state index contributed by atoms with van der Waals surface area (Å²) >= 11 is 0. The van der Waals surface area contributed by atoms with Crippen LogP contribution in [0.1, 0.15) is 40.5 Å². The van der Waals surface area contributed by atoms with Gasteiger partial charge in [0, 0.05) is 56.1 Å². The first-order chi connectivity index (χ1) is 17.8. The van der Waals surface area contributed by atoms with E-state index in [-0.39, 0.29) is 42.1 Å². The third-order valence-corrected chi connectivity index (χ3v) is 7.60. The second-order valence-corrected chi connectivity index (χ2v) is 9.97. The fraction of sp³-hybridized carbons (Fsp3) is 0.379. The molecule has 2 aliphatic heterocycles. The van der Waals surface area contributed by atoms with E-state index in [1.165, 1.54) is 33.6 Å². The summed E-state index contributed by atoms with van der Waals surface area (Å²) in [7, 11) is 0. The standard InChI is InChI=1S/C29H33N5O3/c1-20-7-6-10-25(22(20)3)31-15-17-32(18-16-31)27(35)13-14-33-28(36)12-11-24(30-33)29(37)34-21(2)19-23-8-4-5-9-26(23)34/h4-12,21H,13-19H2,1-3H3/t21-/m0/s1. The summed E-state index contributed by atoms with van der Waals surface area (Å²) in [5.41, 5.74) is 5.65. The van der Waals surface area contributed by atoms with Crippen LogP contribution in [0.3, 0.4) is 0 Å². The molecule has 1 atom stereocenters. The molecule has 8 nitrogen and oxygen atoms in total. The van der Waals surface area contributed by atoms with Crippen LogP contribution >= 0.6 is 0 Å². The van der Waals surface area contributed by atoms with Gasteiger partial charge in [-0.1, -0.05) is 30.3 Å². The average molecular weight is 500 g/mol. The number of benzene rings is 2. The fourth-order valence-corrected chi connectivity index (χ4v) is 5.36. The smallest absolute Gasteiger partial charge is 0.278 e. The SMILES string of the molecule is Cc1cccc(N2CCN(C(=O)CCn3nc(C(=O)N4c5ccccc5C[C@@H]4C)ccc3=O)CC2)c1C. The van der Waals surface area contributed by atoms with Crippen molar-refractivity contribution in [3.63, 3.8) is 0 Å². The highest BCUT2D eigenvalue weighted by molar-refractivity contribution is 6.06. The van der Waals surface area contributed by atoms with Gasteiger partial charge in [0.05, 0.1) is 6.54 Å². The molecule has 0 N–H and O–H groups in total. The third kappa shape index (κ3) is 4.88. The number of hydrogen-bond acceptors (Lipinski definition) is 5. The Morgan fingerprint density at radius 3 is 2.43 bits per heavy atom. The number of rotatable bonds is 5. The molecule has 1 fully saturated rings. The lowest BCUT2D eigenvalue weighted by Crippen LogP contribution is -2.49. The number of aromatic nitrogens is 2. The quantitative estimate of drug-likeness (QED) is 0.539. The highest BCUT2D eigenvalue weighted by Crippen LogP contribution is 2.32. The molecule has 2 aromatic carbocycles. The average Bonchev–Trinajstić information content (AvgIpc) is 3.25. The highest BCUT2D eigenvalue weighted by atomic mass is 16.2. The van der Waals surface area contributed by atoms with E-state index in [2.05, 4.69) is 42.0 Å². The Labute approximate surface area is 217 Å². The molecule has 0 saturated carbocycles. The van der Waals surface area contributed by atoms with Gasteiger partial charge < -0.3 is 14.7 Å². The molecule has 192 valence electrons. The van der Waals surface area contributed by atoms with E-state index >= 15 is 0 Å². The minimum absolute atomic E-state index is 0.00636. The monoisotopic (exact) mass is 499 g/mol. The van der Waals surface area contributed by atoms with Gasteiger partial charge in [-0.2, -0.15) is 5.10 Å². The van der Waals surface area contributed by atoms with Crippen molar-refractivity contribution in [3.8, 4) is 0 Å². The lowest BCUT2D eigenvalue weighted by molar-refractivity contribution is -0.131. The van der Waals surface area contributed by atoms with E-state index in [1.807, 2.05) is 36.1 Å². The summed E-state index contributed by atoms with van der Waals surface area (Å²) in [6.45, 7) is 9.21. The molecule has 2 aliphatic rings. The van der Waals surface area contributed by atoms with Gasteiger partial charge in [-0.15, -0.1) is 0 Å². The number of aryl methyl sites for hydroxylation is 2. The van der Waals surface area contributed by atoms with Crippen molar-refractivity contribution in [2.24, 2.45) is 0 Å². The number of carbonyl (C=O) groups is 2. The molecule has 3 heterocycles.